The van der Waals surface area contributed by atoms with Gasteiger partial charge in [0.2, 0.25) is 0 Å². The molecule has 2 aromatic heterocycles. The van der Waals surface area contributed by atoms with Crippen LogP contribution in [0.2, 0.25) is 0 Å². The summed E-state index contributed by atoms with van der Waals surface area (Å²) in [5.74, 6) is 0.462. The molecule has 172 valence electrons. The second kappa shape index (κ2) is 8.31. The van der Waals surface area contributed by atoms with Gasteiger partial charge in [0.25, 0.3) is 15.9 Å². The standard InChI is InChI=1S/C22H28FN5O3S/c1-15-9-13-28(22(15,2)3)20-17(6-5-11-24-20)21(29)26-32(30,31)19-8-4-7-18(25-19)27-12-10-16(23)14-27/h4-8,11,15-16H,9-10,12-14H2,1-3H3,(H,26,29)/t15?,16-/m0/s1. The van der Waals surface area contributed by atoms with Crippen LogP contribution >= 0.6 is 0 Å². The van der Waals surface area contributed by atoms with Crippen LogP contribution in [0.1, 0.15) is 44.0 Å². The minimum Gasteiger partial charge on any atom is -0.354 e. The zero-order chi connectivity index (χ0) is 23.1. The molecule has 0 radical (unpaired) electrons. The summed E-state index contributed by atoms with van der Waals surface area (Å²) in [5.41, 5.74) is -0.0310. The zero-order valence-corrected chi connectivity index (χ0v) is 19.3. The van der Waals surface area contributed by atoms with Crippen molar-refractivity contribution in [2.45, 2.75) is 50.3 Å². The molecule has 8 nitrogen and oxygen atoms in total. The number of halogens is 1. The largest absolute Gasteiger partial charge is 0.354 e. The van der Waals surface area contributed by atoms with Crippen molar-refractivity contribution in [2.75, 3.05) is 29.4 Å². The fourth-order valence-electron chi connectivity index (χ4n) is 4.28. The van der Waals surface area contributed by atoms with Gasteiger partial charge in [-0.2, -0.15) is 8.42 Å². The fourth-order valence-corrected chi connectivity index (χ4v) is 5.21. The lowest BCUT2D eigenvalue weighted by atomic mass is 9.90. The number of nitrogens with one attached hydrogen (secondary N) is 1. The van der Waals surface area contributed by atoms with Gasteiger partial charge >= 0.3 is 0 Å². The van der Waals surface area contributed by atoms with E-state index in [-0.39, 0.29) is 22.7 Å². The molecule has 2 aromatic rings. The highest BCUT2D eigenvalue weighted by molar-refractivity contribution is 7.90. The third kappa shape index (κ3) is 4.15. The van der Waals surface area contributed by atoms with Gasteiger partial charge in [0.05, 0.1) is 12.1 Å². The molecular weight excluding hydrogens is 433 g/mol. The molecular formula is C22H28FN5O3S. The molecule has 4 rings (SSSR count). The van der Waals surface area contributed by atoms with Crippen LogP contribution in [0, 0.1) is 5.92 Å². The lowest BCUT2D eigenvalue weighted by molar-refractivity contribution is 0.0981. The van der Waals surface area contributed by atoms with Gasteiger partial charge in [-0.15, -0.1) is 0 Å². The Morgan fingerprint density at radius 2 is 1.97 bits per heavy atom. The molecule has 2 aliphatic rings. The summed E-state index contributed by atoms with van der Waals surface area (Å²) in [7, 11) is -4.23. The average Bonchev–Trinajstić information content (AvgIpc) is 3.30. The van der Waals surface area contributed by atoms with E-state index in [1.165, 1.54) is 12.1 Å². The van der Waals surface area contributed by atoms with Crippen molar-refractivity contribution in [1.29, 1.82) is 0 Å². The number of rotatable bonds is 5. The Bertz CT molecular complexity index is 1120. The van der Waals surface area contributed by atoms with Crippen LogP contribution in [0.4, 0.5) is 16.0 Å². The van der Waals surface area contributed by atoms with Gasteiger partial charge < -0.3 is 9.80 Å². The summed E-state index contributed by atoms with van der Waals surface area (Å²) in [6.07, 6.45) is 1.97. The number of nitrogens with zero attached hydrogens (tertiary/aromatic N) is 4. The van der Waals surface area contributed by atoms with Crippen LogP contribution in [-0.4, -0.2) is 55.6 Å². The molecule has 0 aromatic carbocycles. The van der Waals surface area contributed by atoms with E-state index in [2.05, 4.69) is 40.4 Å². The number of pyridine rings is 2. The monoisotopic (exact) mass is 461 g/mol. The first-order valence-corrected chi connectivity index (χ1v) is 12.2. The van der Waals surface area contributed by atoms with Crippen molar-refractivity contribution in [3.05, 3.63) is 42.1 Å². The molecule has 0 spiro atoms. The Morgan fingerprint density at radius 1 is 1.19 bits per heavy atom. The summed E-state index contributed by atoms with van der Waals surface area (Å²) < 4.78 is 41.5. The predicted octanol–water partition coefficient (Wildman–Crippen LogP) is 2.77. The molecule has 1 amide bonds. The van der Waals surface area contributed by atoms with E-state index in [0.717, 1.165) is 13.0 Å². The molecule has 1 unspecified atom stereocenters. The summed E-state index contributed by atoms with van der Waals surface area (Å²) in [6.45, 7) is 7.70. The number of hydrogen-bond donors (Lipinski definition) is 1. The zero-order valence-electron chi connectivity index (χ0n) is 18.5. The summed E-state index contributed by atoms with van der Waals surface area (Å²) >= 11 is 0. The Hall–Kier alpha value is -2.75. The summed E-state index contributed by atoms with van der Waals surface area (Å²) in [6, 6.07) is 7.67. The van der Waals surface area contributed by atoms with E-state index in [0.29, 0.717) is 30.5 Å². The van der Waals surface area contributed by atoms with Crippen molar-refractivity contribution in [3.63, 3.8) is 0 Å². The van der Waals surface area contributed by atoms with Crippen LogP contribution < -0.4 is 14.5 Å². The number of anilines is 2. The Morgan fingerprint density at radius 3 is 2.62 bits per heavy atom. The maximum absolute atomic E-state index is 13.5. The second-order valence-corrected chi connectivity index (χ2v) is 10.6. The maximum Gasteiger partial charge on any atom is 0.281 e. The Kier molecular flexibility index (Phi) is 5.83. The molecule has 0 saturated carbocycles. The Balaban J connectivity index is 1.59. The molecule has 10 heteroatoms. The third-order valence-electron chi connectivity index (χ3n) is 6.64. The molecule has 2 fully saturated rings. The fraction of sp³-hybridized carbons (Fsp3) is 0.500. The van der Waals surface area contributed by atoms with Crippen LogP contribution in [0.3, 0.4) is 0 Å². The SMILES string of the molecule is CC1CCN(c2ncccc2C(=O)NS(=O)(=O)c2cccc(N3CC[C@H](F)C3)n2)C1(C)C. The van der Waals surface area contributed by atoms with E-state index in [4.69, 9.17) is 0 Å². The van der Waals surface area contributed by atoms with Crippen LogP contribution in [0.25, 0.3) is 0 Å². The van der Waals surface area contributed by atoms with Crippen LogP contribution in [-0.2, 0) is 10.0 Å². The summed E-state index contributed by atoms with van der Waals surface area (Å²) in [4.78, 5) is 25.4. The lowest BCUT2D eigenvalue weighted by Crippen LogP contribution is -2.43. The van der Waals surface area contributed by atoms with E-state index in [1.54, 1.807) is 29.3 Å². The van der Waals surface area contributed by atoms with Crippen molar-refractivity contribution >= 4 is 27.6 Å². The third-order valence-corrected chi connectivity index (χ3v) is 7.87. The van der Waals surface area contributed by atoms with E-state index < -0.39 is 22.1 Å². The topological polar surface area (TPSA) is 95.5 Å². The van der Waals surface area contributed by atoms with Crippen LogP contribution in [0.15, 0.2) is 41.6 Å². The van der Waals surface area contributed by atoms with Gasteiger partial charge in [0.15, 0.2) is 5.03 Å². The number of carbonyl (C=O) groups is 1. The lowest BCUT2D eigenvalue weighted by Gasteiger charge is -2.36. The molecule has 32 heavy (non-hydrogen) atoms. The first-order chi connectivity index (χ1) is 15.1. The van der Waals surface area contributed by atoms with E-state index in [9.17, 15) is 17.6 Å². The highest BCUT2D eigenvalue weighted by Gasteiger charge is 2.40. The number of aromatic nitrogens is 2. The number of hydrogen-bond acceptors (Lipinski definition) is 7. The van der Waals surface area contributed by atoms with Gasteiger partial charge in [-0.3, -0.25) is 4.79 Å². The average molecular weight is 462 g/mol. The number of sulfonamides is 1. The first-order valence-electron chi connectivity index (χ1n) is 10.8. The first kappa shape index (κ1) is 22.4. The van der Waals surface area contributed by atoms with Gasteiger partial charge in [-0.05, 0) is 56.9 Å². The molecule has 1 N–H and O–H groups in total. The predicted molar refractivity (Wildman–Crippen MR) is 120 cm³/mol. The van der Waals surface area contributed by atoms with Gasteiger partial charge in [-0.1, -0.05) is 13.0 Å². The summed E-state index contributed by atoms with van der Waals surface area (Å²) in [5, 5.41) is -0.286. The van der Waals surface area contributed by atoms with Gasteiger partial charge in [0, 0.05) is 24.8 Å². The number of amides is 1. The molecule has 0 aliphatic carbocycles. The molecule has 2 saturated heterocycles. The highest BCUT2D eigenvalue weighted by Crippen LogP contribution is 2.38. The minimum absolute atomic E-state index is 0.173. The maximum atomic E-state index is 13.5. The molecule has 0 bridgehead atoms. The number of alkyl halides is 1. The molecule has 2 aliphatic heterocycles. The minimum atomic E-state index is -4.23. The van der Waals surface area contributed by atoms with Crippen molar-refractivity contribution in [3.8, 4) is 0 Å². The number of carbonyl (C=O) groups excluding carboxylic acids is 1. The smallest absolute Gasteiger partial charge is 0.281 e. The molecule has 4 heterocycles. The quantitative estimate of drug-likeness (QED) is 0.731. The van der Waals surface area contributed by atoms with E-state index in [1.807, 2.05) is 0 Å². The second-order valence-electron chi connectivity index (χ2n) is 8.97. The normalized spacial score (nSPS) is 22.9. The van der Waals surface area contributed by atoms with Gasteiger partial charge in [0.1, 0.15) is 17.8 Å². The molecule has 2 atom stereocenters. The van der Waals surface area contributed by atoms with Crippen LogP contribution in [0.5, 0.6) is 0 Å². The highest BCUT2D eigenvalue weighted by atomic mass is 32.2. The van der Waals surface area contributed by atoms with E-state index >= 15 is 0 Å². The van der Waals surface area contributed by atoms with Crippen molar-refractivity contribution in [2.24, 2.45) is 5.92 Å². The Labute approximate surface area is 187 Å². The van der Waals surface area contributed by atoms with Gasteiger partial charge in [-0.25, -0.2) is 19.1 Å². The van der Waals surface area contributed by atoms with Crippen molar-refractivity contribution < 1.29 is 17.6 Å². The van der Waals surface area contributed by atoms with Crippen molar-refractivity contribution in [1.82, 2.24) is 14.7 Å².